The molecule has 1 N–H and O–H groups in total. The van der Waals surface area contributed by atoms with Crippen molar-refractivity contribution in [3.8, 4) is 11.5 Å². The standard InChI is InChI=1S/C20H24N2O5/c1-13-6-7-16(10-14(13)2)27-17-8-9-18(22(25)26)15(11-17)12-21(19(23)24)20(3,4)5/h6-11H,12H2,1-5H3,(H,23,24). The van der Waals surface area contributed by atoms with Crippen molar-refractivity contribution < 1.29 is 19.6 Å². The molecular weight excluding hydrogens is 348 g/mol. The predicted molar refractivity (Wildman–Crippen MR) is 102 cm³/mol. The molecule has 0 aliphatic rings. The molecule has 0 spiro atoms. The zero-order valence-corrected chi connectivity index (χ0v) is 16.1. The van der Waals surface area contributed by atoms with Gasteiger partial charge >= 0.3 is 6.09 Å². The average molecular weight is 372 g/mol. The monoisotopic (exact) mass is 372 g/mol. The van der Waals surface area contributed by atoms with Crippen LogP contribution in [0.4, 0.5) is 10.5 Å². The molecule has 0 radical (unpaired) electrons. The van der Waals surface area contributed by atoms with Crippen molar-refractivity contribution in [3.05, 3.63) is 63.2 Å². The Morgan fingerprint density at radius 1 is 1.11 bits per heavy atom. The molecule has 0 saturated heterocycles. The Bertz CT molecular complexity index is 871. The molecule has 0 unspecified atom stereocenters. The number of nitro benzene ring substituents is 1. The Morgan fingerprint density at radius 2 is 1.70 bits per heavy atom. The van der Waals surface area contributed by atoms with Crippen molar-refractivity contribution in [2.45, 2.75) is 46.7 Å². The second-order valence-electron chi connectivity index (χ2n) is 7.44. The van der Waals surface area contributed by atoms with Gasteiger partial charge in [-0.2, -0.15) is 0 Å². The lowest BCUT2D eigenvalue weighted by Gasteiger charge is -2.33. The molecule has 144 valence electrons. The van der Waals surface area contributed by atoms with E-state index in [0.29, 0.717) is 11.5 Å². The smallest absolute Gasteiger partial charge is 0.408 e. The maximum Gasteiger partial charge on any atom is 0.408 e. The highest BCUT2D eigenvalue weighted by Crippen LogP contribution is 2.31. The number of nitro groups is 1. The van der Waals surface area contributed by atoms with Crippen LogP contribution in [0.25, 0.3) is 0 Å². The van der Waals surface area contributed by atoms with Gasteiger partial charge in [0, 0.05) is 11.6 Å². The van der Waals surface area contributed by atoms with Crippen LogP contribution in [-0.2, 0) is 6.54 Å². The summed E-state index contributed by atoms with van der Waals surface area (Å²) in [5, 5.41) is 20.9. The summed E-state index contributed by atoms with van der Waals surface area (Å²) in [6.45, 7) is 9.07. The fourth-order valence-corrected chi connectivity index (χ4v) is 2.61. The number of amides is 1. The van der Waals surface area contributed by atoms with E-state index in [4.69, 9.17) is 4.74 Å². The van der Waals surface area contributed by atoms with Gasteiger partial charge in [0.1, 0.15) is 11.5 Å². The lowest BCUT2D eigenvalue weighted by atomic mass is 10.0. The highest BCUT2D eigenvalue weighted by Gasteiger charge is 2.29. The van der Waals surface area contributed by atoms with Crippen molar-refractivity contribution in [3.63, 3.8) is 0 Å². The molecule has 2 aromatic carbocycles. The molecule has 7 heteroatoms. The molecule has 0 aromatic heterocycles. The van der Waals surface area contributed by atoms with Gasteiger partial charge < -0.3 is 9.84 Å². The molecule has 0 aliphatic heterocycles. The van der Waals surface area contributed by atoms with E-state index in [9.17, 15) is 20.0 Å². The Hall–Kier alpha value is -3.09. The van der Waals surface area contributed by atoms with Crippen molar-refractivity contribution in [1.29, 1.82) is 0 Å². The fraction of sp³-hybridized carbons (Fsp3) is 0.350. The van der Waals surface area contributed by atoms with E-state index >= 15 is 0 Å². The summed E-state index contributed by atoms with van der Waals surface area (Å²) >= 11 is 0. The summed E-state index contributed by atoms with van der Waals surface area (Å²) in [6, 6.07) is 10.0. The average Bonchev–Trinajstić information content (AvgIpc) is 2.54. The first-order chi connectivity index (χ1) is 12.5. The van der Waals surface area contributed by atoms with Crippen LogP contribution in [0.3, 0.4) is 0 Å². The molecule has 27 heavy (non-hydrogen) atoms. The largest absolute Gasteiger partial charge is 0.465 e. The summed E-state index contributed by atoms with van der Waals surface area (Å²) in [7, 11) is 0. The second kappa shape index (κ2) is 7.65. The van der Waals surface area contributed by atoms with Crippen LogP contribution in [0, 0.1) is 24.0 Å². The number of rotatable bonds is 5. The molecule has 1 amide bonds. The van der Waals surface area contributed by atoms with Gasteiger partial charge in [-0.15, -0.1) is 0 Å². The molecule has 2 aromatic rings. The first kappa shape index (κ1) is 20.2. The predicted octanol–water partition coefficient (Wildman–Crippen LogP) is 5.28. The summed E-state index contributed by atoms with van der Waals surface area (Å²) < 4.78 is 5.83. The highest BCUT2D eigenvalue weighted by atomic mass is 16.6. The summed E-state index contributed by atoms with van der Waals surface area (Å²) in [5.41, 5.74) is 1.63. The quantitative estimate of drug-likeness (QED) is 0.569. The Balaban J connectivity index is 2.39. The van der Waals surface area contributed by atoms with Gasteiger partial charge in [-0.25, -0.2) is 4.79 Å². The molecule has 0 heterocycles. The number of hydrogen-bond donors (Lipinski definition) is 1. The Labute approximate surface area is 158 Å². The van der Waals surface area contributed by atoms with Crippen LogP contribution < -0.4 is 4.74 Å². The first-order valence-electron chi connectivity index (χ1n) is 8.52. The molecule has 2 rings (SSSR count). The SMILES string of the molecule is Cc1ccc(Oc2ccc([N+](=O)[O-])c(CN(C(=O)O)C(C)(C)C)c2)cc1C. The van der Waals surface area contributed by atoms with Gasteiger partial charge in [0.2, 0.25) is 0 Å². The van der Waals surface area contributed by atoms with Crippen molar-refractivity contribution in [2.75, 3.05) is 0 Å². The van der Waals surface area contributed by atoms with Crippen molar-refractivity contribution in [2.24, 2.45) is 0 Å². The molecule has 0 saturated carbocycles. The number of hydrogen-bond acceptors (Lipinski definition) is 4. The number of benzene rings is 2. The van der Waals surface area contributed by atoms with E-state index in [2.05, 4.69) is 0 Å². The molecule has 7 nitrogen and oxygen atoms in total. The topological polar surface area (TPSA) is 92.9 Å². The van der Waals surface area contributed by atoms with Gasteiger partial charge in [-0.05, 0) is 70.0 Å². The van der Waals surface area contributed by atoms with Crippen LogP contribution in [0.15, 0.2) is 36.4 Å². The van der Waals surface area contributed by atoms with Crippen LogP contribution >= 0.6 is 0 Å². The zero-order valence-electron chi connectivity index (χ0n) is 16.1. The highest BCUT2D eigenvalue weighted by molar-refractivity contribution is 5.66. The molecule has 0 aliphatic carbocycles. The lowest BCUT2D eigenvalue weighted by molar-refractivity contribution is -0.385. The third-order valence-corrected chi connectivity index (χ3v) is 4.33. The van der Waals surface area contributed by atoms with Crippen LogP contribution in [0.2, 0.25) is 0 Å². The van der Waals surface area contributed by atoms with Crippen molar-refractivity contribution >= 4 is 11.8 Å². The van der Waals surface area contributed by atoms with Gasteiger partial charge in [-0.1, -0.05) is 6.07 Å². The molecule has 0 fully saturated rings. The summed E-state index contributed by atoms with van der Waals surface area (Å²) in [4.78, 5) is 23.6. The number of nitrogens with zero attached hydrogens (tertiary/aromatic N) is 2. The maximum absolute atomic E-state index is 11.6. The number of ether oxygens (including phenoxy) is 1. The van der Waals surface area contributed by atoms with Crippen LogP contribution in [0.5, 0.6) is 11.5 Å². The normalized spacial score (nSPS) is 11.1. The third kappa shape index (κ3) is 4.97. The number of aryl methyl sites for hydroxylation is 2. The lowest BCUT2D eigenvalue weighted by Crippen LogP contribution is -2.44. The summed E-state index contributed by atoms with van der Waals surface area (Å²) in [5.74, 6) is 1.03. The van der Waals surface area contributed by atoms with E-state index in [1.807, 2.05) is 32.0 Å². The minimum absolute atomic E-state index is 0.112. The molecule has 0 atom stereocenters. The van der Waals surface area contributed by atoms with E-state index in [-0.39, 0.29) is 17.8 Å². The van der Waals surface area contributed by atoms with Gasteiger partial charge in [0.05, 0.1) is 17.0 Å². The molecule has 0 bridgehead atoms. The van der Waals surface area contributed by atoms with E-state index in [0.717, 1.165) is 16.0 Å². The van der Waals surface area contributed by atoms with Crippen LogP contribution in [-0.4, -0.2) is 26.6 Å². The maximum atomic E-state index is 11.6. The minimum atomic E-state index is -1.14. The first-order valence-corrected chi connectivity index (χ1v) is 8.52. The number of carboxylic acid groups (broad SMARTS) is 1. The number of carbonyl (C=O) groups is 1. The van der Waals surface area contributed by atoms with Gasteiger partial charge in [-0.3, -0.25) is 15.0 Å². The van der Waals surface area contributed by atoms with E-state index in [1.54, 1.807) is 20.8 Å². The summed E-state index contributed by atoms with van der Waals surface area (Å²) in [6.07, 6.45) is -1.14. The van der Waals surface area contributed by atoms with Crippen LogP contribution in [0.1, 0.15) is 37.5 Å². The zero-order chi connectivity index (χ0) is 20.4. The fourth-order valence-electron chi connectivity index (χ4n) is 2.61. The third-order valence-electron chi connectivity index (χ3n) is 4.33. The molecular formula is C20H24N2O5. The van der Waals surface area contributed by atoms with E-state index < -0.39 is 16.6 Å². The minimum Gasteiger partial charge on any atom is -0.465 e. The van der Waals surface area contributed by atoms with Gasteiger partial charge in [0.25, 0.3) is 5.69 Å². The van der Waals surface area contributed by atoms with Crippen molar-refractivity contribution in [1.82, 2.24) is 4.90 Å². The van der Waals surface area contributed by atoms with Gasteiger partial charge in [0.15, 0.2) is 0 Å². The Morgan fingerprint density at radius 3 is 2.22 bits per heavy atom. The van der Waals surface area contributed by atoms with E-state index in [1.165, 1.54) is 18.2 Å². The Kier molecular flexibility index (Phi) is 5.73. The second-order valence-corrected chi connectivity index (χ2v) is 7.44.